The smallest absolute Gasteiger partial charge is 0.0343 e. The highest BCUT2D eigenvalue weighted by atomic mass is 14.9. The van der Waals surface area contributed by atoms with Gasteiger partial charge in [0.05, 0.1) is 0 Å². The largest absolute Gasteiger partial charge is 0.316 e. The van der Waals surface area contributed by atoms with Gasteiger partial charge in [-0.1, -0.05) is 6.08 Å². The lowest BCUT2D eigenvalue weighted by atomic mass is 9.84. The molecule has 1 aliphatic heterocycles. The van der Waals surface area contributed by atoms with Crippen LogP contribution in [0.4, 0.5) is 0 Å². The van der Waals surface area contributed by atoms with E-state index in [1.807, 2.05) is 12.4 Å². The third kappa shape index (κ3) is 1.67. The molecule has 2 unspecified atom stereocenters. The molecule has 2 atom stereocenters. The van der Waals surface area contributed by atoms with Gasteiger partial charge in [-0.3, -0.25) is 4.98 Å². The highest BCUT2D eigenvalue weighted by molar-refractivity contribution is 5.69. The molecule has 0 bridgehead atoms. The second-order valence-electron chi connectivity index (χ2n) is 5.01. The Labute approximate surface area is 96.8 Å². The van der Waals surface area contributed by atoms with Crippen LogP contribution in [0, 0.1) is 18.8 Å². The normalized spacial score (nSPS) is 28.7. The third-order valence-corrected chi connectivity index (χ3v) is 3.87. The Hall–Kier alpha value is -1.15. The summed E-state index contributed by atoms with van der Waals surface area (Å²) in [6.07, 6.45) is 8.95. The summed E-state index contributed by atoms with van der Waals surface area (Å²) in [6, 6.07) is 2.26. The van der Waals surface area contributed by atoms with E-state index in [0.29, 0.717) is 0 Å². The Morgan fingerprint density at radius 2 is 2.31 bits per heavy atom. The minimum Gasteiger partial charge on any atom is -0.316 e. The van der Waals surface area contributed by atoms with Crippen molar-refractivity contribution in [1.82, 2.24) is 10.3 Å². The molecule has 3 rings (SSSR count). The lowest BCUT2D eigenvalue weighted by Gasteiger charge is -2.28. The summed E-state index contributed by atoms with van der Waals surface area (Å²) in [5.41, 5.74) is 4.11. The SMILES string of the molecule is Cc1cncc(C2=CCC3CCNCC23)c1. The summed E-state index contributed by atoms with van der Waals surface area (Å²) in [5, 5.41) is 3.51. The van der Waals surface area contributed by atoms with Crippen LogP contribution in [0.3, 0.4) is 0 Å². The Morgan fingerprint density at radius 3 is 3.19 bits per heavy atom. The summed E-state index contributed by atoms with van der Waals surface area (Å²) in [6.45, 7) is 4.45. The highest BCUT2D eigenvalue weighted by Gasteiger charge is 2.32. The number of allylic oxidation sites excluding steroid dienone is 1. The molecule has 0 aromatic carbocycles. The Morgan fingerprint density at radius 1 is 1.38 bits per heavy atom. The van der Waals surface area contributed by atoms with Crippen LogP contribution in [0.15, 0.2) is 24.5 Å². The number of hydrogen-bond donors (Lipinski definition) is 1. The van der Waals surface area contributed by atoms with Gasteiger partial charge in [-0.05, 0) is 60.9 Å². The number of rotatable bonds is 1. The van der Waals surface area contributed by atoms with Gasteiger partial charge in [0, 0.05) is 18.9 Å². The summed E-state index contributed by atoms with van der Waals surface area (Å²) >= 11 is 0. The fourth-order valence-electron chi connectivity index (χ4n) is 3.03. The van der Waals surface area contributed by atoms with Gasteiger partial charge < -0.3 is 5.32 Å². The van der Waals surface area contributed by atoms with Gasteiger partial charge in [-0.15, -0.1) is 0 Å². The summed E-state index contributed by atoms with van der Waals surface area (Å²) in [4.78, 5) is 4.31. The third-order valence-electron chi connectivity index (χ3n) is 3.87. The molecule has 1 aromatic rings. The van der Waals surface area contributed by atoms with Crippen LogP contribution < -0.4 is 5.32 Å². The second kappa shape index (κ2) is 4.02. The highest BCUT2D eigenvalue weighted by Crippen LogP contribution is 2.40. The maximum Gasteiger partial charge on any atom is 0.0343 e. The number of aryl methyl sites for hydroxylation is 1. The zero-order valence-corrected chi connectivity index (χ0v) is 9.74. The quantitative estimate of drug-likeness (QED) is 0.776. The molecule has 84 valence electrons. The minimum atomic E-state index is 0.720. The van der Waals surface area contributed by atoms with Gasteiger partial charge in [0.25, 0.3) is 0 Å². The first-order valence-corrected chi connectivity index (χ1v) is 6.17. The Bertz CT molecular complexity index is 422. The monoisotopic (exact) mass is 214 g/mol. The van der Waals surface area contributed by atoms with Crippen LogP contribution in [0.2, 0.25) is 0 Å². The molecule has 1 aliphatic carbocycles. The molecule has 2 heteroatoms. The van der Waals surface area contributed by atoms with Crippen molar-refractivity contribution in [2.75, 3.05) is 13.1 Å². The molecule has 0 amide bonds. The van der Waals surface area contributed by atoms with E-state index in [4.69, 9.17) is 0 Å². The van der Waals surface area contributed by atoms with Crippen LogP contribution in [-0.2, 0) is 0 Å². The lowest BCUT2D eigenvalue weighted by molar-refractivity contribution is 0.328. The molecule has 1 fully saturated rings. The first kappa shape index (κ1) is 10.0. The van der Waals surface area contributed by atoms with E-state index in [1.165, 1.54) is 36.1 Å². The van der Waals surface area contributed by atoms with Crippen molar-refractivity contribution in [3.05, 3.63) is 35.7 Å². The molecule has 2 aliphatic rings. The molecule has 0 saturated carbocycles. The topological polar surface area (TPSA) is 24.9 Å². The standard InChI is InChI=1S/C14H18N2/c1-10-6-12(8-16-7-10)13-3-2-11-4-5-15-9-14(11)13/h3,6-8,11,14-15H,2,4-5,9H2,1H3. The van der Waals surface area contributed by atoms with E-state index in [2.05, 4.69) is 29.4 Å². The van der Waals surface area contributed by atoms with Crippen molar-refractivity contribution < 1.29 is 0 Å². The van der Waals surface area contributed by atoms with Crippen molar-refractivity contribution >= 4 is 5.57 Å². The lowest BCUT2D eigenvalue weighted by Crippen LogP contribution is -2.34. The fourth-order valence-corrected chi connectivity index (χ4v) is 3.03. The number of aromatic nitrogens is 1. The average molecular weight is 214 g/mol. The van der Waals surface area contributed by atoms with E-state index in [0.717, 1.165) is 18.4 Å². The minimum absolute atomic E-state index is 0.720. The van der Waals surface area contributed by atoms with Crippen molar-refractivity contribution in [2.45, 2.75) is 19.8 Å². The predicted molar refractivity (Wildman–Crippen MR) is 66.0 cm³/mol. The van der Waals surface area contributed by atoms with Crippen LogP contribution in [-0.4, -0.2) is 18.1 Å². The number of hydrogen-bond acceptors (Lipinski definition) is 2. The maximum absolute atomic E-state index is 4.31. The summed E-state index contributed by atoms with van der Waals surface area (Å²) in [5.74, 6) is 1.59. The van der Waals surface area contributed by atoms with Gasteiger partial charge in [0.1, 0.15) is 0 Å². The summed E-state index contributed by atoms with van der Waals surface area (Å²) < 4.78 is 0. The van der Waals surface area contributed by atoms with Gasteiger partial charge in [-0.2, -0.15) is 0 Å². The number of nitrogens with one attached hydrogen (secondary N) is 1. The molecular formula is C14H18N2. The molecule has 1 N–H and O–H groups in total. The van der Waals surface area contributed by atoms with E-state index < -0.39 is 0 Å². The maximum atomic E-state index is 4.31. The summed E-state index contributed by atoms with van der Waals surface area (Å²) in [7, 11) is 0. The molecule has 2 nitrogen and oxygen atoms in total. The van der Waals surface area contributed by atoms with Crippen LogP contribution in [0.1, 0.15) is 24.0 Å². The van der Waals surface area contributed by atoms with Crippen molar-refractivity contribution in [1.29, 1.82) is 0 Å². The number of fused-ring (bicyclic) bond motifs is 1. The molecule has 2 heterocycles. The van der Waals surface area contributed by atoms with E-state index in [9.17, 15) is 0 Å². The van der Waals surface area contributed by atoms with Crippen molar-refractivity contribution in [3.63, 3.8) is 0 Å². The van der Waals surface area contributed by atoms with E-state index in [1.54, 1.807) is 0 Å². The first-order chi connectivity index (χ1) is 7.84. The van der Waals surface area contributed by atoms with Gasteiger partial charge in [0.15, 0.2) is 0 Å². The van der Waals surface area contributed by atoms with Crippen LogP contribution >= 0.6 is 0 Å². The molecular weight excluding hydrogens is 196 g/mol. The molecule has 0 spiro atoms. The number of piperidine rings is 1. The van der Waals surface area contributed by atoms with Crippen LogP contribution in [0.25, 0.3) is 5.57 Å². The van der Waals surface area contributed by atoms with Crippen molar-refractivity contribution in [2.24, 2.45) is 11.8 Å². The average Bonchev–Trinajstić information content (AvgIpc) is 2.72. The molecule has 1 saturated heterocycles. The number of pyridine rings is 1. The van der Waals surface area contributed by atoms with Crippen molar-refractivity contribution in [3.8, 4) is 0 Å². The van der Waals surface area contributed by atoms with Crippen LogP contribution in [0.5, 0.6) is 0 Å². The zero-order chi connectivity index (χ0) is 11.0. The molecule has 1 aromatic heterocycles. The molecule has 16 heavy (non-hydrogen) atoms. The Kier molecular flexibility index (Phi) is 2.52. The fraction of sp³-hybridized carbons (Fsp3) is 0.500. The second-order valence-corrected chi connectivity index (χ2v) is 5.01. The van der Waals surface area contributed by atoms with E-state index in [-0.39, 0.29) is 0 Å². The molecule has 0 radical (unpaired) electrons. The first-order valence-electron chi connectivity index (χ1n) is 6.17. The Balaban J connectivity index is 1.90. The van der Waals surface area contributed by atoms with Gasteiger partial charge in [0.2, 0.25) is 0 Å². The van der Waals surface area contributed by atoms with E-state index >= 15 is 0 Å². The van der Waals surface area contributed by atoms with Gasteiger partial charge >= 0.3 is 0 Å². The zero-order valence-electron chi connectivity index (χ0n) is 9.74. The van der Waals surface area contributed by atoms with Gasteiger partial charge in [-0.25, -0.2) is 0 Å². The predicted octanol–water partition coefficient (Wildman–Crippen LogP) is 2.40. The number of nitrogens with zero attached hydrogens (tertiary/aromatic N) is 1.